The minimum absolute atomic E-state index is 0.0759. The normalized spacial score (nSPS) is 13.9. The summed E-state index contributed by atoms with van der Waals surface area (Å²) in [7, 11) is 1.59. The highest BCUT2D eigenvalue weighted by Gasteiger charge is 2.15. The van der Waals surface area contributed by atoms with Gasteiger partial charge in [-0.2, -0.15) is 0 Å². The lowest BCUT2D eigenvalue weighted by Gasteiger charge is -2.26. The molecular formula is C29H37FN4O4. The number of hydrogen-bond donors (Lipinski definition) is 2. The lowest BCUT2D eigenvalue weighted by atomic mass is 10.1. The van der Waals surface area contributed by atoms with Crippen LogP contribution in [0.5, 0.6) is 23.0 Å². The van der Waals surface area contributed by atoms with Gasteiger partial charge in [-0.15, -0.1) is 0 Å². The molecule has 1 fully saturated rings. The van der Waals surface area contributed by atoms with Gasteiger partial charge in [-0.3, -0.25) is 9.88 Å². The van der Waals surface area contributed by atoms with Gasteiger partial charge in [0.2, 0.25) is 0 Å². The number of fused-ring (bicyclic) bond motifs is 1. The number of halogens is 1. The third-order valence-electron chi connectivity index (χ3n) is 6.52. The van der Waals surface area contributed by atoms with Gasteiger partial charge in [0.05, 0.1) is 18.3 Å². The first-order valence-electron chi connectivity index (χ1n) is 13.3. The highest BCUT2D eigenvalue weighted by atomic mass is 19.1. The Hall–Kier alpha value is -3.59. The molecule has 0 saturated carbocycles. The molecule has 38 heavy (non-hydrogen) atoms. The third-order valence-corrected chi connectivity index (χ3v) is 6.52. The third kappa shape index (κ3) is 7.47. The molecule has 0 bridgehead atoms. The largest absolute Gasteiger partial charge is 0.493 e. The van der Waals surface area contributed by atoms with Crippen molar-refractivity contribution < 1.29 is 23.4 Å². The number of hydrogen-bond acceptors (Lipinski definition) is 6. The number of amides is 2. The van der Waals surface area contributed by atoms with Gasteiger partial charge in [-0.25, -0.2) is 9.18 Å². The summed E-state index contributed by atoms with van der Waals surface area (Å²) in [6.07, 6.45) is 6.26. The molecule has 8 nitrogen and oxygen atoms in total. The maximum absolute atomic E-state index is 14.7. The molecule has 2 N–H and O–H groups in total. The Kier molecular flexibility index (Phi) is 9.59. The van der Waals surface area contributed by atoms with Crippen molar-refractivity contribution in [1.82, 2.24) is 15.2 Å². The van der Waals surface area contributed by atoms with Gasteiger partial charge in [-0.1, -0.05) is 20.3 Å². The first-order valence-corrected chi connectivity index (χ1v) is 13.3. The second-order valence-electron chi connectivity index (χ2n) is 9.89. The fourth-order valence-corrected chi connectivity index (χ4v) is 4.39. The fraction of sp³-hybridized carbons (Fsp3) is 0.448. The lowest BCUT2D eigenvalue weighted by molar-refractivity contribution is 0.181. The summed E-state index contributed by atoms with van der Waals surface area (Å²) in [5.74, 6) is 1.86. The summed E-state index contributed by atoms with van der Waals surface area (Å²) in [6.45, 7) is 8.33. The number of nitrogens with one attached hydrogen (secondary N) is 2. The van der Waals surface area contributed by atoms with Crippen LogP contribution in [0.4, 0.5) is 14.9 Å². The van der Waals surface area contributed by atoms with E-state index in [2.05, 4.69) is 34.4 Å². The summed E-state index contributed by atoms with van der Waals surface area (Å²) >= 11 is 0. The molecular weight excluding hydrogens is 487 g/mol. The lowest BCUT2D eigenvalue weighted by Crippen LogP contribution is -2.33. The van der Waals surface area contributed by atoms with E-state index in [0.717, 1.165) is 26.1 Å². The number of anilines is 1. The minimum Gasteiger partial charge on any atom is -0.493 e. The highest BCUT2D eigenvalue weighted by molar-refractivity contribution is 5.90. The summed E-state index contributed by atoms with van der Waals surface area (Å²) in [5.41, 5.74) is 0.750. The van der Waals surface area contributed by atoms with Crippen molar-refractivity contribution in [1.29, 1.82) is 0 Å². The average Bonchev–Trinajstić information content (AvgIpc) is 2.90. The highest BCUT2D eigenvalue weighted by Crippen LogP contribution is 2.37. The number of benzene rings is 2. The Morgan fingerprint density at radius 2 is 1.89 bits per heavy atom. The molecule has 4 rings (SSSR count). The second kappa shape index (κ2) is 13.3. The van der Waals surface area contributed by atoms with Gasteiger partial charge >= 0.3 is 6.03 Å². The number of likely N-dealkylation sites (tertiary alicyclic amines) is 1. The molecule has 0 atom stereocenters. The van der Waals surface area contributed by atoms with Crippen LogP contribution in [0.1, 0.15) is 39.5 Å². The number of pyridine rings is 1. The summed E-state index contributed by atoms with van der Waals surface area (Å²) in [5, 5.41) is 5.98. The monoisotopic (exact) mass is 524 g/mol. The van der Waals surface area contributed by atoms with Crippen molar-refractivity contribution in [2.45, 2.75) is 39.5 Å². The molecule has 1 saturated heterocycles. The SMILES string of the molecule is COc1cc2c(Oc3ccc(NC(=O)NCCC(C)C)c(F)c3)ccnc2cc1OCCN1CCCCC1. The zero-order valence-corrected chi connectivity index (χ0v) is 22.4. The predicted molar refractivity (Wildman–Crippen MR) is 147 cm³/mol. The maximum atomic E-state index is 14.7. The van der Waals surface area contributed by atoms with Crippen LogP contribution in [0, 0.1) is 11.7 Å². The molecule has 1 aromatic heterocycles. The molecule has 2 aromatic carbocycles. The first kappa shape index (κ1) is 27.4. The standard InChI is InChI=1S/C29H37FN4O4/c1-20(2)9-11-32-29(35)33-24-8-7-21(17-23(24)30)38-26-10-12-31-25-19-28(27(36-3)18-22(25)26)37-16-15-34-13-5-4-6-14-34/h7-8,10,12,17-20H,4-6,9,11,13-16H2,1-3H3,(H2,32,33,35). The molecule has 2 heterocycles. The van der Waals surface area contributed by atoms with E-state index in [-0.39, 0.29) is 5.69 Å². The van der Waals surface area contributed by atoms with Crippen molar-refractivity contribution >= 4 is 22.6 Å². The number of nitrogens with zero attached hydrogens (tertiary/aromatic N) is 2. The van der Waals surface area contributed by atoms with E-state index >= 15 is 0 Å². The van der Waals surface area contributed by atoms with Gasteiger partial charge in [0.15, 0.2) is 11.5 Å². The topological polar surface area (TPSA) is 85.0 Å². The van der Waals surface area contributed by atoms with Crippen LogP contribution in [0.2, 0.25) is 0 Å². The van der Waals surface area contributed by atoms with E-state index in [9.17, 15) is 9.18 Å². The molecule has 3 aromatic rings. The zero-order valence-electron chi connectivity index (χ0n) is 22.4. The van der Waals surface area contributed by atoms with Crippen LogP contribution in [0.15, 0.2) is 42.6 Å². The quantitative estimate of drug-likeness (QED) is 0.310. The smallest absolute Gasteiger partial charge is 0.319 e. The summed E-state index contributed by atoms with van der Waals surface area (Å²) in [6, 6.07) is 9.25. The van der Waals surface area contributed by atoms with Crippen molar-refractivity contribution in [2.24, 2.45) is 5.92 Å². The van der Waals surface area contributed by atoms with E-state index in [0.29, 0.717) is 53.0 Å². The van der Waals surface area contributed by atoms with Gasteiger partial charge in [0.25, 0.3) is 0 Å². The number of aromatic nitrogens is 1. The Morgan fingerprint density at radius 1 is 1.08 bits per heavy atom. The van der Waals surface area contributed by atoms with Crippen LogP contribution < -0.4 is 24.8 Å². The number of carbonyl (C=O) groups excluding carboxylic acids is 1. The van der Waals surface area contributed by atoms with Crippen LogP contribution in [-0.4, -0.2) is 55.8 Å². The molecule has 1 aliphatic heterocycles. The van der Waals surface area contributed by atoms with Crippen LogP contribution >= 0.6 is 0 Å². The summed E-state index contributed by atoms with van der Waals surface area (Å²) in [4.78, 5) is 18.9. The number of rotatable bonds is 11. The first-order chi connectivity index (χ1) is 18.4. The Bertz CT molecular complexity index is 1230. The van der Waals surface area contributed by atoms with E-state index in [1.54, 1.807) is 25.4 Å². The molecule has 0 radical (unpaired) electrons. The Morgan fingerprint density at radius 3 is 2.63 bits per heavy atom. The molecule has 0 spiro atoms. The molecule has 1 aliphatic rings. The Balaban J connectivity index is 1.43. The van der Waals surface area contributed by atoms with Crippen LogP contribution in [-0.2, 0) is 0 Å². The zero-order chi connectivity index (χ0) is 26.9. The predicted octanol–water partition coefficient (Wildman–Crippen LogP) is 6.21. The second-order valence-corrected chi connectivity index (χ2v) is 9.89. The fourth-order valence-electron chi connectivity index (χ4n) is 4.39. The molecule has 204 valence electrons. The van der Waals surface area contributed by atoms with Gasteiger partial charge < -0.3 is 24.8 Å². The van der Waals surface area contributed by atoms with E-state index in [4.69, 9.17) is 14.2 Å². The number of ether oxygens (including phenoxy) is 3. The molecule has 0 aliphatic carbocycles. The number of methoxy groups -OCH3 is 1. The van der Waals surface area contributed by atoms with E-state index < -0.39 is 11.8 Å². The van der Waals surface area contributed by atoms with Gasteiger partial charge in [-0.05, 0) is 62.5 Å². The maximum Gasteiger partial charge on any atom is 0.319 e. The number of carbonyl (C=O) groups is 1. The van der Waals surface area contributed by atoms with Crippen molar-refractivity contribution in [3.63, 3.8) is 0 Å². The number of piperidine rings is 1. The van der Waals surface area contributed by atoms with Crippen molar-refractivity contribution in [3.8, 4) is 23.0 Å². The van der Waals surface area contributed by atoms with Gasteiger partial charge in [0, 0.05) is 36.8 Å². The van der Waals surface area contributed by atoms with Crippen LogP contribution in [0.25, 0.3) is 10.9 Å². The van der Waals surface area contributed by atoms with Crippen molar-refractivity contribution in [3.05, 3.63) is 48.4 Å². The van der Waals surface area contributed by atoms with E-state index in [1.807, 2.05) is 12.1 Å². The van der Waals surface area contributed by atoms with E-state index in [1.165, 1.54) is 31.4 Å². The number of urea groups is 1. The van der Waals surface area contributed by atoms with Gasteiger partial charge in [0.1, 0.15) is 23.9 Å². The molecule has 0 unspecified atom stereocenters. The Labute approximate surface area is 223 Å². The van der Waals surface area contributed by atoms with Crippen LogP contribution in [0.3, 0.4) is 0 Å². The molecule has 9 heteroatoms. The average molecular weight is 525 g/mol. The molecule has 2 amide bonds. The minimum atomic E-state index is -0.596. The van der Waals surface area contributed by atoms with Crippen molar-refractivity contribution in [2.75, 3.05) is 45.2 Å². The summed E-state index contributed by atoms with van der Waals surface area (Å²) < 4.78 is 32.4.